The summed E-state index contributed by atoms with van der Waals surface area (Å²) in [6.45, 7) is 0. The van der Waals surface area contributed by atoms with E-state index in [1.165, 1.54) is 0 Å². The molecule has 0 saturated carbocycles. The van der Waals surface area contributed by atoms with Gasteiger partial charge in [-0.3, -0.25) is 0 Å². The Balaban J connectivity index is 0.000000167. The lowest BCUT2D eigenvalue weighted by Gasteiger charge is -2.30. The second-order valence-corrected chi connectivity index (χ2v) is 27.8. The molecule has 0 atom stereocenters. The van der Waals surface area contributed by atoms with Crippen LogP contribution in [0.4, 0.5) is 68.2 Å². The van der Waals surface area contributed by atoms with Crippen LogP contribution in [0.2, 0.25) is 0 Å². The minimum Gasteiger partial charge on any atom is -0.478 e. The molecule has 18 aromatic rings. The molecule has 12 nitrogen and oxygen atoms in total. The van der Waals surface area contributed by atoms with Crippen LogP contribution in [0.5, 0.6) is 0 Å². The van der Waals surface area contributed by atoms with E-state index in [9.17, 15) is 39.6 Å². The maximum absolute atomic E-state index is 12.9. The number of anilines is 12. The molecule has 0 aliphatic rings. The highest BCUT2D eigenvalue weighted by Gasteiger charge is 2.29. The number of aromatic carboxylic acids is 4. The molecular weight excluding hydrogens is 1430 g/mol. The van der Waals surface area contributed by atoms with Gasteiger partial charge in [0.2, 0.25) is 0 Å². The van der Waals surface area contributed by atoms with Crippen molar-refractivity contribution < 1.29 is 39.6 Å². The van der Waals surface area contributed by atoms with E-state index in [0.717, 1.165) is 134 Å². The molecule has 0 radical (unpaired) electrons. The number of para-hydroxylation sites is 6. The largest absolute Gasteiger partial charge is 0.478 e. The summed E-state index contributed by atoms with van der Waals surface area (Å²) in [5, 5.41) is 48.3. The van der Waals surface area contributed by atoms with Crippen molar-refractivity contribution in [1.82, 2.24) is 0 Å². The molecule has 0 aliphatic heterocycles. The third-order valence-corrected chi connectivity index (χ3v) is 21.1. The van der Waals surface area contributed by atoms with Crippen molar-refractivity contribution in [3.8, 4) is 44.5 Å². The predicted octanol–water partition coefficient (Wildman–Crippen LogP) is 27.3. The zero-order chi connectivity index (χ0) is 79.2. The number of fused-ring (bicyclic) bond motifs is 4. The number of carboxylic acids is 4. The molecule has 0 aromatic heterocycles. The van der Waals surface area contributed by atoms with Crippen LogP contribution >= 0.6 is 0 Å². The molecular formula is C104H72N4O8. The van der Waals surface area contributed by atoms with E-state index in [1.807, 2.05) is 224 Å². The third kappa shape index (κ3) is 14.0. The summed E-state index contributed by atoms with van der Waals surface area (Å²) in [4.78, 5) is 60.0. The van der Waals surface area contributed by atoms with Crippen molar-refractivity contribution in [2.75, 3.05) is 19.6 Å². The molecule has 0 bridgehead atoms. The van der Waals surface area contributed by atoms with Crippen molar-refractivity contribution in [3.63, 3.8) is 0 Å². The van der Waals surface area contributed by atoms with Gasteiger partial charge in [-0.15, -0.1) is 0 Å². The normalized spacial score (nSPS) is 11.0. The van der Waals surface area contributed by atoms with Gasteiger partial charge in [0, 0.05) is 73.5 Å². The topological polar surface area (TPSA) is 162 Å². The van der Waals surface area contributed by atoms with E-state index in [0.29, 0.717) is 22.3 Å². The fourth-order valence-electron chi connectivity index (χ4n) is 16.1. The zero-order valence-corrected chi connectivity index (χ0v) is 62.5. The van der Waals surface area contributed by atoms with Crippen LogP contribution in [0.15, 0.2) is 413 Å². The van der Waals surface area contributed by atoms with E-state index in [4.69, 9.17) is 0 Å². The summed E-state index contributed by atoms with van der Waals surface area (Å²) in [5.41, 5.74) is 17.4. The Kier molecular flexibility index (Phi) is 20.2. The summed E-state index contributed by atoms with van der Waals surface area (Å²) >= 11 is 0. The van der Waals surface area contributed by atoms with Gasteiger partial charge in [0.15, 0.2) is 0 Å². The molecule has 12 heteroatoms. The van der Waals surface area contributed by atoms with E-state index >= 15 is 0 Å². The average Bonchev–Trinajstić information content (AvgIpc) is 0.722. The highest BCUT2D eigenvalue weighted by molar-refractivity contribution is 6.28. The Hall–Kier alpha value is -15.9. The predicted molar refractivity (Wildman–Crippen MR) is 471 cm³/mol. The number of nitrogens with zero attached hydrogens (tertiary/aromatic N) is 4. The molecule has 0 unspecified atom stereocenters. The van der Waals surface area contributed by atoms with Crippen molar-refractivity contribution in [1.29, 1.82) is 0 Å². The Bertz CT molecular complexity index is 6560. The number of benzene rings is 18. The Morgan fingerprint density at radius 1 is 0.172 bits per heavy atom. The Morgan fingerprint density at radius 3 is 0.716 bits per heavy atom. The van der Waals surface area contributed by atoms with Gasteiger partial charge in [-0.05, 0) is 240 Å². The molecule has 0 heterocycles. The molecule has 0 fully saturated rings. The van der Waals surface area contributed by atoms with Crippen molar-refractivity contribution in [2.45, 2.75) is 0 Å². The first-order valence-electron chi connectivity index (χ1n) is 37.9. The van der Waals surface area contributed by atoms with Gasteiger partial charge in [0.05, 0.1) is 27.9 Å². The first kappa shape index (κ1) is 72.9. The van der Waals surface area contributed by atoms with Gasteiger partial charge >= 0.3 is 23.9 Å². The van der Waals surface area contributed by atoms with Gasteiger partial charge in [0.1, 0.15) is 0 Å². The molecule has 0 spiro atoms. The maximum atomic E-state index is 12.9. The van der Waals surface area contributed by atoms with Gasteiger partial charge in [-0.2, -0.15) is 0 Å². The fraction of sp³-hybridized carbons (Fsp3) is 0. The summed E-state index contributed by atoms with van der Waals surface area (Å²) in [6.07, 6.45) is 0. The second-order valence-electron chi connectivity index (χ2n) is 27.8. The van der Waals surface area contributed by atoms with Crippen LogP contribution in [-0.4, -0.2) is 44.3 Å². The lowest BCUT2D eigenvalue weighted by Crippen LogP contribution is -2.13. The number of rotatable bonds is 20. The minimum absolute atomic E-state index is 0.167. The Labute approximate surface area is 669 Å². The number of carboxylic acid groups (broad SMARTS) is 4. The van der Waals surface area contributed by atoms with E-state index in [-0.39, 0.29) is 22.3 Å². The summed E-state index contributed by atoms with van der Waals surface area (Å²) in [5.74, 6) is -4.13. The van der Waals surface area contributed by atoms with Crippen LogP contribution in [0.3, 0.4) is 0 Å². The standard InChI is InChI=1S/2C52H36N2O4/c55-51(56)44-27-14-12-25-42(44)48-40-23-10-11-24-41(40)49(43-26-13-15-28-45(43)52(57)58)50-46(48)29-16-30-47(50)54(37-21-8-3-9-22-37)39-33-31-38(32-34-39)53(35-17-4-1-5-18-35)36-19-6-2-7-20-36;55-51(56)46-26-14-12-24-43(46)49-41-22-10-11-23-42(41)50(44-25-13-15-27-47(44)52(57)58)48-34-40(32-33-45(48)49)54(37-20-8-3-9-21-37)39-30-28-38(29-31-39)53(35-16-4-1-5-17-35)36-18-6-2-7-19-36/h2*1-34H,(H,55,56)(H,57,58). The van der Waals surface area contributed by atoms with Crippen LogP contribution in [0.25, 0.3) is 87.6 Å². The van der Waals surface area contributed by atoms with Gasteiger partial charge in [0.25, 0.3) is 0 Å². The minimum atomic E-state index is -1.04. The number of hydrogen-bond donors (Lipinski definition) is 4. The molecule has 18 rings (SSSR count). The SMILES string of the molecule is O=C(O)c1ccccc1-c1c2ccccc2c(-c2ccccc2C(=O)O)c2c(N(c3ccccc3)c3ccc(N(c4ccccc4)c4ccccc4)cc3)cccc12.O=C(O)c1ccccc1-c1c2ccccc2c(-c2ccccc2C(=O)O)c2cc(N(c3ccccc3)c3ccc(N(c4ccccc4)c4ccccc4)cc3)ccc12. The second kappa shape index (κ2) is 32.2. The Morgan fingerprint density at radius 2 is 0.388 bits per heavy atom. The highest BCUT2D eigenvalue weighted by Crippen LogP contribution is 2.53. The first-order valence-corrected chi connectivity index (χ1v) is 37.9. The van der Waals surface area contributed by atoms with Crippen LogP contribution in [0, 0.1) is 0 Å². The van der Waals surface area contributed by atoms with Gasteiger partial charge < -0.3 is 40.0 Å². The van der Waals surface area contributed by atoms with Gasteiger partial charge in [-0.1, -0.05) is 249 Å². The fourth-order valence-corrected chi connectivity index (χ4v) is 16.1. The van der Waals surface area contributed by atoms with Crippen molar-refractivity contribution >= 4 is 135 Å². The highest BCUT2D eigenvalue weighted by atomic mass is 16.4. The van der Waals surface area contributed by atoms with Crippen molar-refractivity contribution in [3.05, 3.63) is 435 Å². The molecule has 116 heavy (non-hydrogen) atoms. The number of carbonyl (C=O) groups is 4. The van der Waals surface area contributed by atoms with Crippen LogP contribution < -0.4 is 19.6 Å². The number of hydrogen-bond acceptors (Lipinski definition) is 8. The molecule has 4 N–H and O–H groups in total. The lowest BCUT2D eigenvalue weighted by molar-refractivity contribution is 0.0687. The van der Waals surface area contributed by atoms with E-state index < -0.39 is 23.9 Å². The average molecular weight is 1510 g/mol. The molecule has 0 saturated heterocycles. The quantitative estimate of drug-likeness (QED) is 0.0535. The molecule has 18 aromatic carbocycles. The van der Waals surface area contributed by atoms with Gasteiger partial charge in [-0.25, -0.2) is 19.2 Å². The zero-order valence-electron chi connectivity index (χ0n) is 62.5. The smallest absolute Gasteiger partial charge is 0.336 e. The summed E-state index contributed by atoms with van der Waals surface area (Å²) in [6, 6.07) is 134. The molecule has 0 aliphatic carbocycles. The van der Waals surface area contributed by atoms with Crippen LogP contribution in [0.1, 0.15) is 41.4 Å². The monoisotopic (exact) mass is 1500 g/mol. The first-order chi connectivity index (χ1) is 57.0. The third-order valence-electron chi connectivity index (χ3n) is 21.1. The summed E-state index contributed by atoms with van der Waals surface area (Å²) < 4.78 is 0. The lowest BCUT2D eigenvalue weighted by atomic mass is 9.83. The molecule has 556 valence electrons. The summed E-state index contributed by atoms with van der Waals surface area (Å²) in [7, 11) is 0. The molecule has 0 amide bonds. The van der Waals surface area contributed by atoms with E-state index in [2.05, 4.69) is 159 Å². The van der Waals surface area contributed by atoms with E-state index in [1.54, 1.807) is 48.5 Å². The van der Waals surface area contributed by atoms with Crippen molar-refractivity contribution in [2.24, 2.45) is 0 Å². The maximum Gasteiger partial charge on any atom is 0.336 e. The van der Waals surface area contributed by atoms with Crippen LogP contribution in [-0.2, 0) is 0 Å².